The van der Waals surface area contributed by atoms with Crippen LogP contribution in [0, 0.1) is 0 Å². The highest BCUT2D eigenvalue weighted by atomic mass is 32.2. The molecule has 3 aromatic rings. The van der Waals surface area contributed by atoms with Crippen LogP contribution in [0.1, 0.15) is 11.1 Å². The third-order valence-corrected chi connectivity index (χ3v) is 5.64. The molecule has 3 N–H and O–H groups in total. The minimum Gasteiger partial charge on any atom is -0.406 e. The quantitative estimate of drug-likeness (QED) is 0.455. The van der Waals surface area contributed by atoms with Gasteiger partial charge in [-0.25, -0.2) is 17.9 Å². The number of carbonyl (C=O) groups excluding carboxylic acids is 1. The smallest absolute Gasteiger partial charge is 0.406 e. The Hall–Kier alpha value is -3.64. The number of halogens is 3. The number of anilines is 1. The maximum Gasteiger partial charge on any atom is 0.573 e. The molecule has 0 aliphatic carbocycles. The molecule has 0 radical (unpaired) electrons. The molecule has 0 atom stereocenters. The number of amides is 2. The van der Waals surface area contributed by atoms with Crippen LogP contribution in [0.5, 0.6) is 5.75 Å². The average molecular weight is 480 g/mol. The number of urea groups is 1. The number of sulfonamides is 1. The van der Waals surface area contributed by atoms with Crippen LogP contribution in [0.4, 0.5) is 23.7 Å². The van der Waals surface area contributed by atoms with Crippen LogP contribution >= 0.6 is 0 Å². The average Bonchev–Trinajstić information content (AvgIpc) is 2.77. The third kappa shape index (κ3) is 7.77. The number of nitrogens with one attached hydrogen (secondary N) is 3. The van der Waals surface area contributed by atoms with E-state index in [2.05, 4.69) is 25.1 Å². The highest BCUT2D eigenvalue weighted by Gasteiger charge is 2.31. The van der Waals surface area contributed by atoms with Crippen molar-refractivity contribution in [1.82, 2.24) is 15.0 Å². The summed E-state index contributed by atoms with van der Waals surface area (Å²) in [5.74, 6) is -0.447. The molecule has 0 saturated heterocycles. The lowest BCUT2D eigenvalue weighted by Gasteiger charge is -2.11. The zero-order valence-corrected chi connectivity index (χ0v) is 17.8. The third-order valence-electron chi connectivity index (χ3n) is 4.22. The summed E-state index contributed by atoms with van der Waals surface area (Å²) in [6.45, 7) is 0.0503. The Morgan fingerprint density at radius 1 is 0.939 bits per heavy atom. The molecule has 0 fully saturated rings. The highest BCUT2D eigenvalue weighted by molar-refractivity contribution is 7.89. The number of pyridine rings is 1. The molecule has 0 unspecified atom stereocenters. The van der Waals surface area contributed by atoms with Crippen molar-refractivity contribution < 1.29 is 31.1 Å². The van der Waals surface area contributed by atoms with Gasteiger partial charge in [-0.15, -0.1) is 13.2 Å². The second kappa shape index (κ2) is 10.3. The van der Waals surface area contributed by atoms with E-state index in [1.165, 1.54) is 36.4 Å². The van der Waals surface area contributed by atoms with Gasteiger partial charge in [0.1, 0.15) is 5.75 Å². The zero-order valence-electron chi connectivity index (χ0n) is 17.0. The van der Waals surface area contributed by atoms with Gasteiger partial charge in [-0.2, -0.15) is 0 Å². The zero-order chi connectivity index (χ0) is 23.9. The van der Waals surface area contributed by atoms with Gasteiger partial charge in [-0.3, -0.25) is 4.98 Å². The monoisotopic (exact) mass is 480 g/mol. The fraction of sp³-hybridized carbons (Fsp3) is 0.143. The predicted molar refractivity (Wildman–Crippen MR) is 114 cm³/mol. The van der Waals surface area contributed by atoms with Gasteiger partial charge in [-0.05, 0) is 59.7 Å². The van der Waals surface area contributed by atoms with Crippen LogP contribution in [0.3, 0.4) is 0 Å². The van der Waals surface area contributed by atoms with Crippen LogP contribution in [-0.2, 0) is 23.1 Å². The van der Waals surface area contributed by atoms with Crippen molar-refractivity contribution in [2.45, 2.75) is 24.3 Å². The first-order chi connectivity index (χ1) is 15.6. The number of ether oxygens (including phenoxy) is 1. The van der Waals surface area contributed by atoms with E-state index in [9.17, 15) is 26.4 Å². The summed E-state index contributed by atoms with van der Waals surface area (Å²) in [6.07, 6.45) is -1.63. The second-order valence-corrected chi connectivity index (χ2v) is 8.47. The van der Waals surface area contributed by atoms with Crippen LogP contribution in [0.25, 0.3) is 0 Å². The molecule has 8 nitrogen and oxygen atoms in total. The molecule has 12 heteroatoms. The maximum atomic E-state index is 12.5. The standard InChI is InChI=1S/C21H19F3N4O4S/c22-21(23,24)32-18-3-1-2-16(12-18)14-27-33(30,31)19-6-4-17(5-7-19)28-20(29)26-13-15-8-10-25-11-9-15/h1-12,27H,13-14H2,(H2,26,28,29). The molecule has 174 valence electrons. The van der Waals surface area contributed by atoms with Crippen molar-refractivity contribution in [3.05, 3.63) is 84.2 Å². The number of benzene rings is 2. The van der Waals surface area contributed by atoms with Crippen LogP contribution in [0.2, 0.25) is 0 Å². The van der Waals surface area contributed by atoms with Gasteiger partial charge < -0.3 is 15.4 Å². The molecule has 2 aromatic carbocycles. The summed E-state index contributed by atoms with van der Waals surface area (Å²) >= 11 is 0. The van der Waals surface area contributed by atoms with Crippen LogP contribution < -0.4 is 20.1 Å². The first-order valence-electron chi connectivity index (χ1n) is 9.49. The van der Waals surface area contributed by atoms with E-state index >= 15 is 0 Å². The van der Waals surface area contributed by atoms with Crippen molar-refractivity contribution in [3.63, 3.8) is 0 Å². The largest absolute Gasteiger partial charge is 0.573 e. The summed E-state index contributed by atoms with van der Waals surface area (Å²) in [4.78, 5) is 15.8. The molecular formula is C21H19F3N4O4S. The lowest BCUT2D eigenvalue weighted by molar-refractivity contribution is -0.274. The van der Waals surface area contributed by atoms with Crippen molar-refractivity contribution in [2.24, 2.45) is 0 Å². The molecule has 0 spiro atoms. The predicted octanol–water partition coefficient (Wildman–Crippen LogP) is 3.78. The van der Waals surface area contributed by atoms with Crippen molar-refractivity contribution in [3.8, 4) is 5.75 Å². The SMILES string of the molecule is O=C(NCc1ccncc1)Nc1ccc(S(=O)(=O)NCc2cccc(OC(F)(F)F)c2)cc1. The van der Waals surface area contributed by atoms with E-state index in [4.69, 9.17) is 0 Å². The Morgan fingerprint density at radius 2 is 1.64 bits per heavy atom. The van der Waals surface area contributed by atoms with Gasteiger partial charge in [0.05, 0.1) is 4.90 Å². The summed E-state index contributed by atoms with van der Waals surface area (Å²) in [6, 6.07) is 13.5. The lowest BCUT2D eigenvalue weighted by Crippen LogP contribution is -2.28. The Bertz CT molecular complexity index is 1190. The molecule has 3 rings (SSSR count). The number of aromatic nitrogens is 1. The summed E-state index contributed by atoms with van der Waals surface area (Å²) in [5.41, 5.74) is 1.52. The molecule has 0 aliphatic rings. The maximum absolute atomic E-state index is 12.5. The van der Waals surface area contributed by atoms with E-state index in [0.29, 0.717) is 12.2 Å². The Morgan fingerprint density at radius 3 is 2.30 bits per heavy atom. The highest BCUT2D eigenvalue weighted by Crippen LogP contribution is 2.23. The number of hydrogen-bond acceptors (Lipinski definition) is 5. The van der Waals surface area contributed by atoms with Gasteiger partial charge in [0.2, 0.25) is 10.0 Å². The minimum atomic E-state index is -4.84. The topological polar surface area (TPSA) is 109 Å². The first-order valence-corrected chi connectivity index (χ1v) is 11.0. The molecule has 0 saturated carbocycles. The van der Waals surface area contributed by atoms with Crippen LogP contribution in [0.15, 0.2) is 78.0 Å². The molecule has 0 bridgehead atoms. The molecule has 1 heterocycles. The lowest BCUT2D eigenvalue weighted by atomic mass is 10.2. The van der Waals surface area contributed by atoms with Gasteiger partial charge in [0, 0.05) is 31.2 Å². The Kier molecular flexibility index (Phi) is 7.51. The fourth-order valence-corrected chi connectivity index (χ4v) is 3.71. The number of carbonyl (C=O) groups is 1. The normalized spacial score (nSPS) is 11.6. The van der Waals surface area contributed by atoms with Gasteiger partial charge in [-0.1, -0.05) is 12.1 Å². The summed E-state index contributed by atoms with van der Waals surface area (Å²) in [5, 5.41) is 5.25. The van der Waals surface area contributed by atoms with E-state index in [1.54, 1.807) is 24.5 Å². The van der Waals surface area contributed by atoms with Crippen LogP contribution in [-0.4, -0.2) is 25.8 Å². The Balaban J connectivity index is 1.55. The number of hydrogen-bond donors (Lipinski definition) is 3. The van der Waals surface area contributed by atoms with Crippen molar-refractivity contribution >= 4 is 21.7 Å². The first kappa shape index (κ1) is 24.0. The Labute approximate surface area is 187 Å². The number of rotatable bonds is 8. The van der Waals surface area contributed by atoms with E-state index in [0.717, 1.165) is 17.7 Å². The summed E-state index contributed by atoms with van der Waals surface area (Å²) in [7, 11) is -3.95. The van der Waals surface area contributed by atoms with E-state index < -0.39 is 28.2 Å². The number of nitrogens with zero attached hydrogens (tertiary/aromatic N) is 1. The molecule has 2 amide bonds. The molecule has 1 aromatic heterocycles. The van der Waals surface area contributed by atoms with Crippen molar-refractivity contribution in [2.75, 3.05) is 5.32 Å². The second-order valence-electron chi connectivity index (χ2n) is 6.71. The summed E-state index contributed by atoms with van der Waals surface area (Å²) < 4.78 is 68.1. The van der Waals surface area contributed by atoms with Gasteiger partial charge in [0.15, 0.2) is 0 Å². The van der Waals surface area contributed by atoms with E-state index in [-0.39, 0.29) is 17.0 Å². The number of alkyl halides is 3. The fourth-order valence-electron chi connectivity index (χ4n) is 2.69. The minimum absolute atomic E-state index is 0.0760. The molecule has 33 heavy (non-hydrogen) atoms. The van der Waals surface area contributed by atoms with Gasteiger partial charge in [0.25, 0.3) is 0 Å². The van der Waals surface area contributed by atoms with Gasteiger partial charge >= 0.3 is 12.4 Å². The van der Waals surface area contributed by atoms with E-state index in [1.807, 2.05) is 0 Å². The molecular weight excluding hydrogens is 461 g/mol. The van der Waals surface area contributed by atoms with Crippen molar-refractivity contribution in [1.29, 1.82) is 0 Å². The molecule has 0 aliphatic heterocycles.